The number of ether oxygens (including phenoxy) is 1. The highest BCUT2D eigenvalue weighted by Crippen LogP contribution is 2.20. The van der Waals surface area contributed by atoms with Crippen molar-refractivity contribution in [3.05, 3.63) is 29.3 Å². The molecule has 0 atom stereocenters. The van der Waals surface area contributed by atoms with Gasteiger partial charge in [-0.1, -0.05) is 17.7 Å². The van der Waals surface area contributed by atoms with Crippen LogP contribution < -0.4 is 4.74 Å². The maximum absolute atomic E-state index is 8.77. The van der Waals surface area contributed by atoms with Crippen molar-refractivity contribution in [2.45, 2.75) is 19.9 Å². The summed E-state index contributed by atoms with van der Waals surface area (Å²) >= 11 is 0. The van der Waals surface area contributed by atoms with Crippen molar-refractivity contribution in [1.29, 1.82) is 0 Å². The summed E-state index contributed by atoms with van der Waals surface area (Å²) in [6.07, 6.45) is 0.810. The van der Waals surface area contributed by atoms with Gasteiger partial charge in [0.25, 0.3) is 0 Å². The molecular weight excluding hydrogens is 202 g/mol. The molecule has 0 heterocycles. The average Bonchev–Trinajstić information content (AvgIpc) is 2.27. The summed E-state index contributed by atoms with van der Waals surface area (Å²) in [4.78, 5) is 2.19. The number of aliphatic hydroxyl groups is 1. The molecule has 0 aliphatic carbocycles. The summed E-state index contributed by atoms with van der Waals surface area (Å²) in [6.45, 7) is 4.07. The molecule has 1 aromatic rings. The second kappa shape index (κ2) is 6.51. The molecule has 0 spiro atoms. The lowest BCUT2D eigenvalue weighted by Crippen LogP contribution is -2.20. The van der Waals surface area contributed by atoms with Crippen molar-refractivity contribution >= 4 is 0 Å². The van der Waals surface area contributed by atoms with E-state index in [1.54, 1.807) is 7.11 Å². The molecule has 1 rings (SSSR count). The van der Waals surface area contributed by atoms with Gasteiger partial charge in [-0.25, -0.2) is 0 Å². The maximum Gasteiger partial charge on any atom is 0.123 e. The molecule has 1 aromatic carbocycles. The second-order valence-corrected chi connectivity index (χ2v) is 4.13. The topological polar surface area (TPSA) is 32.7 Å². The van der Waals surface area contributed by atoms with Gasteiger partial charge in [-0.05, 0) is 26.5 Å². The Labute approximate surface area is 97.7 Å². The Kier molecular flexibility index (Phi) is 5.29. The summed E-state index contributed by atoms with van der Waals surface area (Å²) < 4.78 is 5.33. The smallest absolute Gasteiger partial charge is 0.123 e. The standard InChI is InChI=1S/C13H21NO2/c1-11-5-6-13(16-3)12(9-11)10-14(2)7-4-8-15/h5-6,9,15H,4,7-8,10H2,1-3H3. The van der Waals surface area contributed by atoms with Crippen molar-refractivity contribution in [1.82, 2.24) is 4.90 Å². The molecule has 0 aliphatic heterocycles. The summed E-state index contributed by atoms with van der Waals surface area (Å²) in [5.41, 5.74) is 2.44. The molecule has 90 valence electrons. The van der Waals surface area contributed by atoms with E-state index in [0.717, 1.165) is 25.3 Å². The SMILES string of the molecule is COc1ccc(C)cc1CN(C)CCCO. The van der Waals surface area contributed by atoms with Crippen molar-refractivity contribution < 1.29 is 9.84 Å². The highest BCUT2D eigenvalue weighted by atomic mass is 16.5. The van der Waals surface area contributed by atoms with Crippen LogP contribution in [0.25, 0.3) is 0 Å². The van der Waals surface area contributed by atoms with Crippen molar-refractivity contribution in [3.8, 4) is 5.75 Å². The molecule has 0 saturated heterocycles. The number of hydrogen-bond acceptors (Lipinski definition) is 3. The van der Waals surface area contributed by atoms with Gasteiger partial charge in [0.05, 0.1) is 7.11 Å². The molecule has 3 heteroatoms. The van der Waals surface area contributed by atoms with Crippen LogP contribution in [0.4, 0.5) is 0 Å². The number of methoxy groups -OCH3 is 1. The van der Waals surface area contributed by atoms with Gasteiger partial charge in [0.1, 0.15) is 5.75 Å². The van der Waals surface area contributed by atoms with Crippen LogP contribution in [0.2, 0.25) is 0 Å². The minimum absolute atomic E-state index is 0.245. The van der Waals surface area contributed by atoms with E-state index in [0.29, 0.717) is 0 Å². The molecule has 16 heavy (non-hydrogen) atoms. The highest BCUT2D eigenvalue weighted by Gasteiger charge is 2.06. The summed E-state index contributed by atoms with van der Waals surface area (Å²) in [6, 6.07) is 6.20. The van der Waals surface area contributed by atoms with Crippen LogP contribution in [0, 0.1) is 6.92 Å². The molecule has 0 amide bonds. The van der Waals surface area contributed by atoms with Crippen molar-refractivity contribution in [2.75, 3.05) is 27.3 Å². The minimum atomic E-state index is 0.245. The summed E-state index contributed by atoms with van der Waals surface area (Å²) in [5.74, 6) is 0.932. The molecule has 0 saturated carbocycles. The van der Waals surface area contributed by atoms with Gasteiger partial charge in [0, 0.05) is 25.3 Å². The minimum Gasteiger partial charge on any atom is -0.496 e. The Bertz CT molecular complexity index is 326. The number of aliphatic hydroxyl groups excluding tert-OH is 1. The van der Waals surface area contributed by atoms with Crippen LogP contribution in [0.3, 0.4) is 0 Å². The molecule has 0 radical (unpaired) electrons. The van der Waals surface area contributed by atoms with Crippen LogP contribution in [0.5, 0.6) is 5.75 Å². The van der Waals surface area contributed by atoms with E-state index in [9.17, 15) is 0 Å². The van der Waals surface area contributed by atoms with E-state index in [2.05, 4.69) is 31.0 Å². The average molecular weight is 223 g/mol. The van der Waals surface area contributed by atoms with E-state index in [1.165, 1.54) is 11.1 Å². The Morgan fingerprint density at radius 3 is 2.75 bits per heavy atom. The summed E-state index contributed by atoms with van der Waals surface area (Å²) in [5, 5.41) is 8.77. The van der Waals surface area contributed by atoms with Crippen LogP contribution in [0.1, 0.15) is 17.5 Å². The van der Waals surface area contributed by atoms with Crippen LogP contribution >= 0.6 is 0 Å². The van der Waals surface area contributed by atoms with Gasteiger partial charge in [0.2, 0.25) is 0 Å². The fourth-order valence-electron chi connectivity index (χ4n) is 1.74. The van der Waals surface area contributed by atoms with Gasteiger partial charge < -0.3 is 14.7 Å². The van der Waals surface area contributed by atoms with Gasteiger partial charge >= 0.3 is 0 Å². The normalized spacial score (nSPS) is 10.8. The molecule has 0 aromatic heterocycles. The zero-order valence-corrected chi connectivity index (χ0v) is 10.4. The van der Waals surface area contributed by atoms with Crippen molar-refractivity contribution in [2.24, 2.45) is 0 Å². The van der Waals surface area contributed by atoms with Gasteiger partial charge in [0.15, 0.2) is 0 Å². The van der Waals surface area contributed by atoms with Crippen LogP contribution in [0.15, 0.2) is 18.2 Å². The molecule has 0 bridgehead atoms. The lowest BCUT2D eigenvalue weighted by molar-refractivity contribution is 0.242. The predicted octanol–water partition coefficient (Wildman–Crippen LogP) is 1.82. The van der Waals surface area contributed by atoms with Gasteiger partial charge in [-0.3, -0.25) is 0 Å². The molecule has 0 fully saturated rings. The number of aryl methyl sites for hydroxylation is 1. The third-order valence-electron chi connectivity index (χ3n) is 2.57. The first-order valence-corrected chi connectivity index (χ1v) is 5.60. The summed E-state index contributed by atoms with van der Waals surface area (Å²) in [7, 11) is 3.75. The number of benzene rings is 1. The third-order valence-corrected chi connectivity index (χ3v) is 2.57. The lowest BCUT2D eigenvalue weighted by atomic mass is 10.1. The van der Waals surface area contributed by atoms with Gasteiger partial charge in [-0.15, -0.1) is 0 Å². The number of nitrogens with zero attached hydrogens (tertiary/aromatic N) is 1. The van der Waals surface area contributed by atoms with Crippen LogP contribution in [-0.4, -0.2) is 37.3 Å². The van der Waals surface area contributed by atoms with Crippen LogP contribution in [-0.2, 0) is 6.54 Å². The Morgan fingerprint density at radius 2 is 2.12 bits per heavy atom. The van der Waals surface area contributed by atoms with Gasteiger partial charge in [-0.2, -0.15) is 0 Å². The van der Waals surface area contributed by atoms with Crippen molar-refractivity contribution in [3.63, 3.8) is 0 Å². The third kappa shape index (κ3) is 3.83. The molecular formula is C13H21NO2. The largest absolute Gasteiger partial charge is 0.496 e. The predicted molar refractivity (Wildman–Crippen MR) is 65.8 cm³/mol. The Hall–Kier alpha value is -1.06. The quantitative estimate of drug-likeness (QED) is 0.798. The maximum atomic E-state index is 8.77. The fourth-order valence-corrected chi connectivity index (χ4v) is 1.74. The number of rotatable bonds is 6. The zero-order chi connectivity index (χ0) is 12.0. The number of hydrogen-bond donors (Lipinski definition) is 1. The van der Waals surface area contributed by atoms with E-state index in [-0.39, 0.29) is 6.61 Å². The lowest BCUT2D eigenvalue weighted by Gasteiger charge is -2.18. The molecule has 3 nitrogen and oxygen atoms in total. The highest BCUT2D eigenvalue weighted by molar-refractivity contribution is 5.36. The zero-order valence-electron chi connectivity index (χ0n) is 10.4. The van der Waals surface area contributed by atoms with E-state index in [1.807, 2.05) is 6.07 Å². The van der Waals surface area contributed by atoms with E-state index >= 15 is 0 Å². The molecule has 0 aliphatic rings. The molecule has 0 unspecified atom stereocenters. The first kappa shape index (κ1) is 13.0. The first-order valence-electron chi connectivity index (χ1n) is 5.60. The second-order valence-electron chi connectivity index (χ2n) is 4.13. The Morgan fingerprint density at radius 1 is 1.38 bits per heavy atom. The first-order chi connectivity index (χ1) is 7.67. The molecule has 1 N–H and O–H groups in total. The van der Waals surface area contributed by atoms with E-state index < -0.39 is 0 Å². The van der Waals surface area contributed by atoms with E-state index in [4.69, 9.17) is 9.84 Å². The fraction of sp³-hybridized carbons (Fsp3) is 0.538. The monoisotopic (exact) mass is 223 g/mol. The Balaban J connectivity index is 2.67.